The summed E-state index contributed by atoms with van der Waals surface area (Å²) in [5, 5.41) is 7.85. The predicted molar refractivity (Wildman–Crippen MR) is 185 cm³/mol. The van der Waals surface area contributed by atoms with Gasteiger partial charge in [0.05, 0.1) is 36.8 Å². The molecular weight excluding hydrogens is 630 g/mol. The number of nitrogens with one attached hydrogen (secondary N) is 2. The molecule has 0 radical (unpaired) electrons. The van der Waals surface area contributed by atoms with Crippen LogP contribution in [0.4, 0.5) is 37.5 Å². The molecule has 2 aromatic carbocycles. The molecule has 2 N–H and O–H groups in total. The van der Waals surface area contributed by atoms with E-state index in [1.807, 2.05) is 12.1 Å². The van der Waals surface area contributed by atoms with Crippen molar-refractivity contribution in [2.24, 2.45) is 0 Å². The van der Waals surface area contributed by atoms with Crippen LogP contribution in [0.3, 0.4) is 0 Å². The molecule has 4 heterocycles. The Labute approximate surface area is 285 Å². The SMILES string of the molecule is C=CC(=O)Nc1cc(Nc2cc(N3OCC[C@@H]3c3cc(F)cc(F)c3)ncn2)c(OC)cc1N1CCC(N2CCN(C3CC3)C[C@H]2C)CC1. The lowest BCUT2D eigenvalue weighted by Gasteiger charge is -2.47. The topological polar surface area (TPSA) is 98.3 Å². The van der Waals surface area contributed by atoms with E-state index in [1.54, 1.807) is 18.2 Å². The van der Waals surface area contributed by atoms with Crippen molar-refractivity contribution >= 4 is 34.6 Å². The van der Waals surface area contributed by atoms with Gasteiger partial charge in [0.15, 0.2) is 5.82 Å². The molecule has 4 aliphatic rings. The van der Waals surface area contributed by atoms with E-state index in [2.05, 4.69) is 48.8 Å². The first kappa shape index (κ1) is 33.2. The van der Waals surface area contributed by atoms with Gasteiger partial charge in [0.25, 0.3) is 0 Å². The van der Waals surface area contributed by atoms with Crippen molar-refractivity contribution in [2.75, 3.05) is 67.0 Å². The van der Waals surface area contributed by atoms with Gasteiger partial charge in [-0.25, -0.2) is 23.8 Å². The molecule has 260 valence electrons. The van der Waals surface area contributed by atoms with Crippen molar-refractivity contribution in [3.8, 4) is 5.75 Å². The molecule has 1 saturated carbocycles. The highest BCUT2D eigenvalue weighted by atomic mass is 19.1. The van der Waals surface area contributed by atoms with Crippen LogP contribution >= 0.6 is 0 Å². The Morgan fingerprint density at radius 2 is 1.73 bits per heavy atom. The van der Waals surface area contributed by atoms with Crippen molar-refractivity contribution in [3.05, 3.63) is 72.6 Å². The first-order valence-corrected chi connectivity index (χ1v) is 17.2. The fourth-order valence-corrected chi connectivity index (χ4v) is 7.57. The normalized spacial score (nSPS) is 22.3. The predicted octanol–water partition coefficient (Wildman–Crippen LogP) is 5.65. The number of halogens is 2. The maximum Gasteiger partial charge on any atom is 0.247 e. The molecule has 1 aromatic heterocycles. The van der Waals surface area contributed by atoms with Gasteiger partial charge in [-0.3, -0.25) is 19.4 Å². The van der Waals surface area contributed by atoms with Crippen molar-refractivity contribution in [2.45, 2.75) is 63.2 Å². The fraction of sp³-hybridized carbons (Fsp3) is 0.472. The van der Waals surface area contributed by atoms with Gasteiger partial charge in [-0.2, -0.15) is 0 Å². The number of carbonyl (C=O) groups is 1. The zero-order valence-corrected chi connectivity index (χ0v) is 28.1. The molecule has 3 aromatic rings. The standard InChI is InChI=1S/C36H44F2N8O3/c1-4-36(47)42-29-18-30(41-34-20-35(40-22-39-34)46-31(9-14-49-46)24-15-25(37)17-26(38)16-24)33(48-3)19-32(29)43-10-7-28(8-11-43)45-13-12-44(21-23(45)2)27-5-6-27/h4,15-20,22-23,27-28,31H,1,5-14,21H2,2-3H3,(H,42,47)(H,39,40,41)/t23-,31-/m1/s1. The summed E-state index contributed by atoms with van der Waals surface area (Å²) >= 11 is 0. The maximum absolute atomic E-state index is 14.0. The average Bonchev–Trinajstić information content (AvgIpc) is 3.84. The third-order valence-corrected chi connectivity index (χ3v) is 10.1. The van der Waals surface area contributed by atoms with Crippen LogP contribution in [-0.2, 0) is 9.63 Å². The number of piperazine rings is 1. The number of hydrogen-bond acceptors (Lipinski definition) is 10. The highest BCUT2D eigenvalue weighted by Crippen LogP contribution is 2.41. The number of benzene rings is 2. The third kappa shape index (κ3) is 7.34. The van der Waals surface area contributed by atoms with Crippen LogP contribution in [0.5, 0.6) is 5.75 Å². The van der Waals surface area contributed by atoms with Crippen LogP contribution in [0.2, 0.25) is 0 Å². The number of nitrogens with zero attached hydrogens (tertiary/aromatic N) is 6. The first-order valence-electron chi connectivity index (χ1n) is 17.2. The number of methoxy groups -OCH3 is 1. The summed E-state index contributed by atoms with van der Waals surface area (Å²) in [6.07, 6.45) is 7.95. The number of amides is 1. The van der Waals surface area contributed by atoms with Crippen LogP contribution in [-0.4, -0.2) is 90.2 Å². The van der Waals surface area contributed by atoms with Gasteiger partial charge in [-0.15, -0.1) is 0 Å². The fourth-order valence-electron chi connectivity index (χ4n) is 7.57. The number of aromatic nitrogens is 2. The second kappa shape index (κ2) is 14.3. The van der Waals surface area contributed by atoms with E-state index in [9.17, 15) is 13.6 Å². The van der Waals surface area contributed by atoms with Crippen LogP contribution in [0, 0.1) is 11.6 Å². The maximum atomic E-state index is 14.0. The molecule has 4 fully saturated rings. The summed E-state index contributed by atoms with van der Waals surface area (Å²) in [6.45, 7) is 11.5. The Balaban J connectivity index is 1.09. The summed E-state index contributed by atoms with van der Waals surface area (Å²) in [7, 11) is 1.60. The molecule has 7 rings (SSSR count). The van der Waals surface area contributed by atoms with E-state index < -0.39 is 17.7 Å². The number of piperidine rings is 1. The van der Waals surface area contributed by atoms with Crippen molar-refractivity contribution in [1.82, 2.24) is 19.8 Å². The number of rotatable bonds is 10. The Kier molecular flexibility index (Phi) is 9.66. The van der Waals surface area contributed by atoms with Gasteiger partial charge in [0.1, 0.15) is 29.5 Å². The monoisotopic (exact) mass is 674 g/mol. The molecule has 3 aliphatic heterocycles. The molecule has 49 heavy (non-hydrogen) atoms. The van der Waals surface area contributed by atoms with Gasteiger partial charge in [-0.05, 0) is 62.4 Å². The van der Waals surface area contributed by atoms with Crippen molar-refractivity contribution in [1.29, 1.82) is 0 Å². The zero-order valence-electron chi connectivity index (χ0n) is 28.1. The van der Waals surface area contributed by atoms with E-state index in [4.69, 9.17) is 9.57 Å². The molecule has 11 nitrogen and oxygen atoms in total. The van der Waals surface area contributed by atoms with E-state index in [1.165, 1.54) is 37.4 Å². The molecule has 0 unspecified atom stereocenters. The smallest absolute Gasteiger partial charge is 0.247 e. The van der Waals surface area contributed by atoms with Gasteiger partial charge in [0, 0.05) is 75.5 Å². The summed E-state index contributed by atoms with van der Waals surface area (Å²) in [5.74, 6) is -0.180. The van der Waals surface area contributed by atoms with Gasteiger partial charge < -0.3 is 20.3 Å². The summed E-state index contributed by atoms with van der Waals surface area (Å²) in [4.78, 5) is 34.9. The Bertz CT molecular complexity index is 1660. The molecule has 3 saturated heterocycles. The molecular formula is C36H44F2N8O3. The number of ether oxygens (including phenoxy) is 1. The van der Waals surface area contributed by atoms with E-state index in [0.717, 1.165) is 63.4 Å². The highest BCUT2D eigenvalue weighted by molar-refractivity contribution is 6.02. The van der Waals surface area contributed by atoms with Crippen LogP contribution in [0.15, 0.2) is 55.4 Å². The van der Waals surface area contributed by atoms with E-state index in [0.29, 0.717) is 59.4 Å². The number of hydrogen-bond donors (Lipinski definition) is 2. The number of anilines is 5. The van der Waals surface area contributed by atoms with Gasteiger partial charge >= 0.3 is 0 Å². The van der Waals surface area contributed by atoms with Crippen LogP contribution in [0.25, 0.3) is 0 Å². The van der Waals surface area contributed by atoms with Crippen molar-refractivity contribution < 1.29 is 23.1 Å². The molecule has 2 atom stereocenters. The summed E-state index contributed by atoms with van der Waals surface area (Å²) < 4.78 is 33.9. The van der Waals surface area contributed by atoms with E-state index >= 15 is 0 Å². The minimum Gasteiger partial charge on any atom is -0.494 e. The highest BCUT2D eigenvalue weighted by Gasteiger charge is 2.37. The number of carbonyl (C=O) groups excluding carboxylic acids is 1. The molecule has 0 spiro atoms. The van der Waals surface area contributed by atoms with Gasteiger partial charge in [0.2, 0.25) is 5.91 Å². The van der Waals surface area contributed by atoms with Gasteiger partial charge in [-0.1, -0.05) is 6.58 Å². The Morgan fingerprint density at radius 1 is 0.959 bits per heavy atom. The minimum absolute atomic E-state index is 0.315. The van der Waals surface area contributed by atoms with E-state index in [-0.39, 0.29) is 5.91 Å². The summed E-state index contributed by atoms with van der Waals surface area (Å²) in [6, 6.07) is 10.4. The second-order valence-corrected chi connectivity index (χ2v) is 13.3. The lowest BCUT2D eigenvalue weighted by molar-refractivity contribution is -0.111. The largest absolute Gasteiger partial charge is 0.494 e. The van der Waals surface area contributed by atoms with Crippen LogP contribution in [0.1, 0.15) is 50.6 Å². The molecule has 13 heteroatoms. The Hall–Kier alpha value is -4.33. The molecule has 1 amide bonds. The Morgan fingerprint density at radius 3 is 2.43 bits per heavy atom. The lowest BCUT2D eigenvalue weighted by atomic mass is 9.99. The van der Waals surface area contributed by atoms with Crippen molar-refractivity contribution in [3.63, 3.8) is 0 Å². The quantitative estimate of drug-likeness (QED) is 0.263. The first-order chi connectivity index (χ1) is 23.8. The minimum atomic E-state index is -0.650. The second-order valence-electron chi connectivity index (χ2n) is 13.3. The third-order valence-electron chi connectivity index (χ3n) is 10.1. The average molecular weight is 675 g/mol. The lowest BCUT2D eigenvalue weighted by Crippen LogP contribution is -2.57. The summed E-state index contributed by atoms with van der Waals surface area (Å²) in [5.41, 5.74) is 2.54. The van der Waals surface area contributed by atoms with Crippen LogP contribution < -0.4 is 25.3 Å². The number of hydroxylamine groups is 1. The zero-order chi connectivity index (χ0) is 34.1. The molecule has 1 aliphatic carbocycles. The molecule has 0 bridgehead atoms.